The zero-order valence-corrected chi connectivity index (χ0v) is 5.96. The summed E-state index contributed by atoms with van der Waals surface area (Å²) < 4.78 is 0. The van der Waals surface area contributed by atoms with E-state index in [0.717, 1.165) is 0 Å². The highest BCUT2D eigenvalue weighted by Crippen LogP contribution is 1.83. The fourth-order valence-electron chi connectivity index (χ4n) is 0.591. The Kier molecular flexibility index (Phi) is 4.67. The number of aliphatic hydroxyl groups is 2. The van der Waals surface area contributed by atoms with Crippen molar-refractivity contribution in [2.75, 3.05) is 13.2 Å². The molecule has 0 saturated heterocycles. The van der Waals surface area contributed by atoms with E-state index < -0.39 is 0 Å². The van der Waals surface area contributed by atoms with Gasteiger partial charge in [-0.2, -0.15) is 0 Å². The lowest BCUT2D eigenvalue weighted by Gasteiger charge is -2.15. The molecule has 56 valence electrons. The second kappa shape index (κ2) is 4.73. The first-order valence-corrected chi connectivity index (χ1v) is 3.18. The van der Waals surface area contributed by atoms with Gasteiger partial charge in [-0.05, 0) is 13.8 Å². The zero-order valence-electron chi connectivity index (χ0n) is 5.96. The highest BCUT2D eigenvalue weighted by molar-refractivity contribution is 4.64. The van der Waals surface area contributed by atoms with E-state index in [0.29, 0.717) is 0 Å². The van der Waals surface area contributed by atoms with Crippen LogP contribution in [0.4, 0.5) is 0 Å². The van der Waals surface area contributed by atoms with Gasteiger partial charge in [-0.15, -0.1) is 0 Å². The summed E-state index contributed by atoms with van der Waals surface area (Å²) in [4.78, 5) is 0. The van der Waals surface area contributed by atoms with Crippen LogP contribution in [-0.4, -0.2) is 35.5 Å². The van der Waals surface area contributed by atoms with Crippen LogP contribution in [0.25, 0.3) is 0 Å². The van der Waals surface area contributed by atoms with Crippen molar-refractivity contribution in [3.63, 3.8) is 0 Å². The Morgan fingerprint density at radius 2 is 1.44 bits per heavy atom. The molecule has 0 saturated carbocycles. The van der Waals surface area contributed by atoms with Crippen LogP contribution in [0.15, 0.2) is 0 Å². The largest absolute Gasteiger partial charge is 0.395 e. The molecule has 0 amide bonds. The van der Waals surface area contributed by atoms with Gasteiger partial charge in [0.1, 0.15) is 0 Å². The van der Waals surface area contributed by atoms with Gasteiger partial charge in [0.25, 0.3) is 0 Å². The van der Waals surface area contributed by atoms with Crippen LogP contribution in [0.2, 0.25) is 0 Å². The first kappa shape index (κ1) is 8.88. The van der Waals surface area contributed by atoms with Crippen molar-refractivity contribution >= 4 is 0 Å². The maximum atomic E-state index is 8.54. The van der Waals surface area contributed by atoms with E-state index in [-0.39, 0.29) is 25.3 Å². The molecule has 0 aliphatic heterocycles. The van der Waals surface area contributed by atoms with Gasteiger partial charge < -0.3 is 15.5 Å². The summed E-state index contributed by atoms with van der Waals surface area (Å²) in [5.41, 5.74) is 0. The fourth-order valence-corrected chi connectivity index (χ4v) is 0.591. The molecule has 3 heteroatoms. The van der Waals surface area contributed by atoms with Crippen LogP contribution in [0.3, 0.4) is 0 Å². The standard InChI is InChI=1S/C6H15NO2/c1-5(3-8)7-6(2)4-9/h5-9H,3-4H2,1-2H3/t5-,6?/m0/s1. The molecule has 3 nitrogen and oxygen atoms in total. The maximum Gasteiger partial charge on any atom is 0.0582 e. The van der Waals surface area contributed by atoms with Crippen molar-refractivity contribution in [1.29, 1.82) is 0 Å². The van der Waals surface area contributed by atoms with Gasteiger partial charge >= 0.3 is 0 Å². The minimum Gasteiger partial charge on any atom is -0.395 e. The van der Waals surface area contributed by atoms with Crippen molar-refractivity contribution in [3.8, 4) is 0 Å². The summed E-state index contributed by atoms with van der Waals surface area (Å²) in [6.07, 6.45) is 0. The van der Waals surface area contributed by atoms with Gasteiger partial charge in [0, 0.05) is 12.1 Å². The molecule has 3 N–H and O–H groups in total. The molecule has 0 bridgehead atoms. The Hall–Kier alpha value is -0.120. The molecule has 9 heavy (non-hydrogen) atoms. The summed E-state index contributed by atoms with van der Waals surface area (Å²) in [6, 6.07) is 0.152. The Labute approximate surface area is 55.7 Å². The quantitative estimate of drug-likeness (QED) is 0.477. The Morgan fingerprint density at radius 1 is 1.11 bits per heavy atom. The van der Waals surface area contributed by atoms with Crippen LogP contribution in [0, 0.1) is 0 Å². The van der Waals surface area contributed by atoms with Crippen molar-refractivity contribution in [1.82, 2.24) is 5.32 Å². The second-order valence-corrected chi connectivity index (χ2v) is 2.33. The summed E-state index contributed by atoms with van der Waals surface area (Å²) in [5, 5.41) is 20.0. The van der Waals surface area contributed by atoms with Crippen LogP contribution >= 0.6 is 0 Å². The third-order valence-corrected chi connectivity index (χ3v) is 1.12. The molecule has 0 radical (unpaired) electrons. The number of rotatable bonds is 4. The molecule has 0 rings (SSSR count). The Balaban J connectivity index is 3.22. The first-order chi connectivity index (χ1) is 4.20. The number of hydrogen-bond acceptors (Lipinski definition) is 3. The molecular formula is C6H15NO2. The molecule has 0 spiro atoms. The molecule has 0 aliphatic carbocycles. The molecule has 0 aromatic carbocycles. The van der Waals surface area contributed by atoms with E-state index in [9.17, 15) is 0 Å². The van der Waals surface area contributed by atoms with E-state index in [1.165, 1.54) is 0 Å². The van der Waals surface area contributed by atoms with Crippen molar-refractivity contribution in [2.24, 2.45) is 0 Å². The van der Waals surface area contributed by atoms with Gasteiger partial charge in [0.15, 0.2) is 0 Å². The minimum atomic E-state index is 0.0761. The topological polar surface area (TPSA) is 52.5 Å². The smallest absolute Gasteiger partial charge is 0.0582 e. The number of hydrogen-bond donors (Lipinski definition) is 3. The van der Waals surface area contributed by atoms with E-state index >= 15 is 0 Å². The van der Waals surface area contributed by atoms with E-state index in [1.54, 1.807) is 0 Å². The lowest BCUT2D eigenvalue weighted by atomic mass is 10.3. The molecule has 0 aromatic heterocycles. The van der Waals surface area contributed by atoms with Gasteiger partial charge in [-0.25, -0.2) is 0 Å². The van der Waals surface area contributed by atoms with Crippen molar-refractivity contribution < 1.29 is 10.2 Å². The summed E-state index contributed by atoms with van der Waals surface area (Å²) in [6.45, 7) is 3.97. The monoisotopic (exact) mass is 133 g/mol. The highest BCUT2D eigenvalue weighted by Gasteiger charge is 2.02. The van der Waals surface area contributed by atoms with Gasteiger partial charge in [-0.1, -0.05) is 0 Å². The van der Waals surface area contributed by atoms with E-state index in [1.807, 2.05) is 13.8 Å². The van der Waals surface area contributed by atoms with Crippen LogP contribution < -0.4 is 5.32 Å². The second-order valence-electron chi connectivity index (χ2n) is 2.33. The van der Waals surface area contributed by atoms with E-state index in [4.69, 9.17) is 10.2 Å². The zero-order chi connectivity index (χ0) is 7.28. The number of aliphatic hydroxyl groups excluding tert-OH is 2. The predicted octanol–water partition coefficient (Wildman–Crippen LogP) is -0.662. The predicted molar refractivity (Wildman–Crippen MR) is 36.2 cm³/mol. The van der Waals surface area contributed by atoms with Crippen LogP contribution in [0.1, 0.15) is 13.8 Å². The van der Waals surface area contributed by atoms with Gasteiger partial charge in [0.2, 0.25) is 0 Å². The van der Waals surface area contributed by atoms with Gasteiger partial charge in [-0.3, -0.25) is 0 Å². The third-order valence-electron chi connectivity index (χ3n) is 1.12. The molecule has 0 aliphatic rings. The molecule has 1 unspecified atom stereocenters. The summed E-state index contributed by atoms with van der Waals surface area (Å²) >= 11 is 0. The van der Waals surface area contributed by atoms with Crippen molar-refractivity contribution in [2.45, 2.75) is 25.9 Å². The SMILES string of the molecule is CC(CO)N[C@@H](C)CO. The Morgan fingerprint density at radius 3 is 1.67 bits per heavy atom. The minimum absolute atomic E-state index is 0.0761. The lowest BCUT2D eigenvalue weighted by molar-refractivity contribution is 0.206. The molecule has 0 aromatic rings. The highest BCUT2D eigenvalue weighted by atomic mass is 16.3. The van der Waals surface area contributed by atoms with Crippen LogP contribution in [-0.2, 0) is 0 Å². The molecule has 0 fully saturated rings. The fraction of sp³-hybridized carbons (Fsp3) is 1.00. The summed E-state index contributed by atoms with van der Waals surface area (Å²) in [7, 11) is 0. The van der Waals surface area contributed by atoms with Gasteiger partial charge in [0.05, 0.1) is 13.2 Å². The molecular weight excluding hydrogens is 118 g/mol. The summed E-state index contributed by atoms with van der Waals surface area (Å²) in [5.74, 6) is 0. The average Bonchev–Trinajstić information content (AvgIpc) is 1.87. The van der Waals surface area contributed by atoms with Crippen LogP contribution in [0.5, 0.6) is 0 Å². The Bertz CT molecular complexity index is 60.1. The molecule has 0 heterocycles. The average molecular weight is 133 g/mol. The normalized spacial score (nSPS) is 17.3. The molecule has 2 atom stereocenters. The lowest BCUT2D eigenvalue weighted by Crippen LogP contribution is -2.38. The third kappa shape index (κ3) is 4.39. The maximum absolute atomic E-state index is 8.54. The van der Waals surface area contributed by atoms with Crippen molar-refractivity contribution in [3.05, 3.63) is 0 Å². The first-order valence-electron chi connectivity index (χ1n) is 3.18. The number of nitrogens with one attached hydrogen (secondary N) is 1. The van der Waals surface area contributed by atoms with E-state index in [2.05, 4.69) is 5.32 Å².